The SMILES string of the molecule is COCCN1C(=O)C(NC(=O)c2cc3ccccc3[nH]2)=NC(c2ccccc2)c2ccccc21. The van der Waals surface area contributed by atoms with Crippen LogP contribution in [0.4, 0.5) is 5.69 Å². The van der Waals surface area contributed by atoms with Crippen molar-refractivity contribution < 1.29 is 14.3 Å². The van der Waals surface area contributed by atoms with E-state index in [0.29, 0.717) is 18.8 Å². The first-order valence-corrected chi connectivity index (χ1v) is 11.1. The largest absolute Gasteiger partial charge is 0.383 e. The number of amides is 2. The van der Waals surface area contributed by atoms with Crippen molar-refractivity contribution in [2.45, 2.75) is 6.04 Å². The first-order valence-electron chi connectivity index (χ1n) is 11.1. The van der Waals surface area contributed by atoms with Gasteiger partial charge in [-0.3, -0.25) is 14.6 Å². The average molecular weight is 453 g/mol. The molecule has 5 rings (SSSR count). The lowest BCUT2D eigenvalue weighted by Crippen LogP contribution is -2.46. The molecule has 2 amide bonds. The van der Waals surface area contributed by atoms with Crippen molar-refractivity contribution in [2.24, 2.45) is 4.99 Å². The van der Waals surface area contributed by atoms with E-state index in [0.717, 1.165) is 27.7 Å². The number of H-pyrrole nitrogens is 1. The number of aromatic nitrogens is 1. The molecule has 1 aromatic heterocycles. The van der Waals surface area contributed by atoms with Gasteiger partial charge in [-0.15, -0.1) is 0 Å². The van der Waals surface area contributed by atoms with Gasteiger partial charge in [-0.2, -0.15) is 0 Å². The van der Waals surface area contributed by atoms with Gasteiger partial charge >= 0.3 is 0 Å². The quantitative estimate of drug-likeness (QED) is 0.478. The van der Waals surface area contributed by atoms with Crippen LogP contribution >= 0.6 is 0 Å². The number of benzene rings is 3. The minimum atomic E-state index is -0.452. The molecule has 4 aromatic rings. The van der Waals surface area contributed by atoms with Crippen LogP contribution in [0.1, 0.15) is 27.7 Å². The number of carbonyl (C=O) groups is 2. The fraction of sp³-hybridized carbons (Fsp3) is 0.148. The molecule has 7 nitrogen and oxygen atoms in total. The van der Waals surface area contributed by atoms with E-state index in [4.69, 9.17) is 9.73 Å². The molecule has 1 unspecified atom stereocenters. The fourth-order valence-electron chi connectivity index (χ4n) is 4.21. The fourth-order valence-corrected chi connectivity index (χ4v) is 4.21. The van der Waals surface area contributed by atoms with Gasteiger partial charge in [0, 0.05) is 35.8 Å². The van der Waals surface area contributed by atoms with Crippen molar-refractivity contribution in [1.29, 1.82) is 0 Å². The Morgan fingerprint density at radius 2 is 1.76 bits per heavy atom. The zero-order chi connectivity index (χ0) is 23.5. The number of hydrogen-bond acceptors (Lipinski definition) is 4. The zero-order valence-corrected chi connectivity index (χ0v) is 18.7. The highest BCUT2D eigenvalue weighted by atomic mass is 16.5. The topological polar surface area (TPSA) is 86.8 Å². The number of carbonyl (C=O) groups excluding carboxylic acids is 2. The van der Waals surface area contributed by atoms with E-state index in [1.54, 1.807) is 18.1 Å². The van der Waals surface area contributed by atoms with Crippen LogP contribution < -0.4 is 10.2 Å². The van der Waals surface area contributed by atoms with Gasteiger partial charge < -0.3 is 19.9 Å². The van der Waals surface area contributed by atoms with E-state index < -0.39 is 11.9 Å². The maximum atomic E-state index is 13.6. The smallest absolute Gasteiger partial charge is 0.293 e. The van der Waals surface area contributed by atoms with E-state index in [9.17, 15) is 9.59 Å². The van der Waals surface area contributed by atoms with Crippen LogP contribution in [-0.4, -0.2) is 42.9 Å². The normalized spacial score (nSPS) is 15.6. The molecule has 7 heteroatoms. The predicted octanol–water partition coefficient (Wildman–Crippen LogP) is 4.08. The Morgan fingerprint density at radius 3 is 2.56 bits per heavy atom. The minimum absolute atomic E-state index is 0.00943. The highest BCUT2D eigenvalue weighted by molar-refractivity contribution is 6.45. The van der Waals surface area contributed by atoms with Gasteiger partial charge in [-0.1, -0.05) is 66.7 Å². The van der Waals surface area contributed by atoms with Crippen molar-refractivity contribution in [3.63, 3.8) is 0 Å². The molecule has 3 aromatic carbocycles. The molecule has 0 aliphatic carbocycles. The standard InChI is InChI=1S/C27H24N4O3/c1-34-16-15-31-23-14-8-6-12-20(23)24(18-9-3-2-4-10-18)29-25(27(31)33)30-26(32)22-17-19-11-5-7-13-21(19)28-22/h2-14,17,24,28H,15-16H2,1H3,(H,29,30,32). The van der Waals surface area contributed by atoms with E-state index in [2.05, 4.69) is 10.3 Å². The van der Waals surface area contributed by atoms with E-state index in [-0.39, 0.29) is 11.7 Å². The van der Waals surface area contributed by atoms with Crippen molar-refractivity contribution >= 4 is 34.2 Å². The summed E-state index contributed by atoms with van der Waals surface area (Å²) in [6.45, 7) is 0.675. The molecule has 34 heavy (non-hydrogen) atoms. The Hall–Kier alpha value is -4.23. The van der Waals surface area contributed by atoms with Crippen LogP contribution in [0.2, 0.25) is 0 Å². The van der Waals surface area contributed by atoms with Gasteiger partial charge in [0.25, 0.3) is 11.8 Å². The molecule has 170 valence electrons. The second-order valence-corrected chi connectivity index (χ2v) is 8.02. The third kappa shape index (κ3) is 4.09. The van der Waals surface area contributed by atoms with Crippen molar-refractivity contribution in [1.82, 2.24) is 10.3 Å². The first kappa shape index (κ1) is 21.6. The van der Waals surface area contributed by atoms with Gasteiger partial charge in [-0.05, 0) is 23.8 Å². The van der Waals surface area contributed by atoms with Gasteiger partial charge in [0.1, 0.15) is 11.7 Å². The van der Waals surface area contributed by atoms with Crippen molar-refractivity contribution in [3.8, 4) is 0 Å². The highest BCUT2D eigenvalue weighted by Crippen LogP contribution is 2.36. The maximum absolute atomic E-state index is 13.6. The number of para-hydroxylation sites is 2. The number of methoxy groups -OCH3 is 1. The Kier molecular flexibility index (Phi) is 5.93. The Balaban J connectivity index is 1.57. The summed E-state index contributed by atoms with van der Waals surface area (Å²) < 4.78 is 5.25. The summed E-state index contributed by atoms with van der Waals surface area (Å²) in [7, 11) is 1.59. The summed E-state index contributed by atoms with van der Waals surface area (Å²) in [4.78, 5) is 36.3. The molecule has 1 atom stereocenters. The number of aliphatic imine (C=N–C) groups is 1. The summed E-state index contributed by atoms with van der Waals surface area (Å²) in [5.74, 6) is -0.815. The third-order valence-electron chi connectivity index (χ3n) is 5.87. The van der Waals surface area contributed by atoms with Crippen LogP contribution in [0, 0.1) is 0 Å². The molecule has 1 aliphatic rings. The van der Waals surface area contributed by atoms with E-state index in [1.807, 2.05) is 78.9 Å². The second kappa shape index (κ2) is 9.33. The molecule has 0 saturated carbocycles. The number of hydrogen-bond donors (Lipinski definition) is 2. The number of anilines is 1. The van der Waals surface area contributed by atoms with Crippen molar-refractivity contribution in [3.05, 3.63) is 102 Å². The van der Waals surface area contributed by atoms with Crippen LogP contribution in [0.25, 0.3) is 10.9 Å². The second-order valence-electron chi connectivity index (χ2n) is 8.02. The van der Waals surface area contributed by atoms with Gasteiger partial charge in [0.05, 0.1) is 6.61 Å². The molecule has 2 N–H and O–H groups in total. The van der Waals surface area contributed by atoms with E-state index in [1.165, 1.54) is 0 Å². The minimum Gasteiger partial charge on any atom is -0.383 e. The summed E-state index contributed by atoms with van der Waals surface area (Å²) in [6, 6.07) is 26.4. The molecular formula is C27H24N4O3. The third-order valence-corrected chi connectivity index (χ3v) is 5.87. The van der Waals surface area contributed by atoms with Crippen LogP contribution in [0.15, 0.2) is 89.9 Å². The monoisotopic (exact) mass is 452 g/mol. The Labute approximate surface area is 197 Å². The number of nitrogens with zero attached hydrogens (tertiary/aromatic N) is 2. The van der Waals surface area contributed by atoms with Gasteiger partial charge in [0.15, 0.2) is 5.84 Å². The Bertz CT molecular complexity index is 1340. The van der Waals surface area contributed by atoms with Crippen LogP contribution in [-0.2, 0) is 9.53 Å². The zero-order valence-electron chi connectivity index (χ0n) is 18.7. The average Bonchev–Trinajstić information content (AvgIpc) is 3.28. The summed E-state index contributed by atoms with van der Waals surface area (Å²) in [5.41, 5.74) is 3.76. The molecule has 0 bridgehead atoms. The highest BCUT2D eigenvalue weighted by Gasteiger charge is 2.32. The first-order chi connectivity index (χ1) is 16.7. The van der Waals surface area contributed by atoms with E-state index >= 15 is 0 Å². The molecule has 0 saturated heterocycles. The van der Waals surface area contributed by atoms with Gasteiger partial charge in [-0.25, -0.2) is 0 Å². The number of rotatable bonds is 5. The molecule has 0 radical (unpaired) electrons. The number of ether oxygens (including phenoxy) is 1. The predicted molar refractivity (Wildman–Crippen MR) is 132 cm³/mol. The molecular weight excluding hydrogens is 428 g/mol. The number of amidine groups is 1. The summed E-state index contributed by atoms with van der Waals surface area (Å²) >= 11 is 0. The lowest BCUT2D eigenvalue weighted by molar-refractivity contribution is -0.112. The number of aromatic amines is 1. The summed E-state index contributed by atoms with van der Waals surface area (Å²) in [6.07, 6.45) is 0. The molecule has 0 spiro atoms. The lowest BCUT2D eigenvalue weighted by Gasteiger charge is -2.24. The van der Waals surface area contributed by atoms with Crippen LogP contribution in [0.3, 0.4) is 0 Å². The lowest BCUT2D eigenvalue weighted by atomic mass is 9.97. The number of fused-ring (bicyclic) bond motifs is 2. The van der Waals surface area contributed by atoms with Crippen LogP contribution in [0.5, 0.6) is 0 Å². The Morgan fingerprint density at radius 1 is 1.03 bits per heavy atom. The van der Waals surface area contributed by atoms with Gasteiger partial charge in [0.2, 0.25) is 0 Å². The molecule has 1 aliphatic heterocycles. The number of nitrogens with one attached hydrogen (secondary N) is 2. The van der Waals surface area contributed by atoms with Crippen molar-refractivity contribution in [2.75, 3.05) is 25.2 Å². The molecule has 2 heterocycles. The maximum Gasteiger partial charge on any atom is 0.293 e. The molecule has 0 fully saturated rings. The summed E-state index contributed by atoms with van der Waals surface area (Å²) in [5, 5.41) is 3.69.